The van der Waals surface area contributed by atoms with Crippen molar-refractivity contribution in [1.82, 2.24) is 5.32 Å². The summed E-state index contributed by atoms with van der Waals surface area (Å²) in [6, 6.07) is 13.5. The van der Waals surface area contributed by atoms with E-state index in [1.807, 2.05) is 0 Å². The van der Waals surface area contributed by atoms with E-state index >= 15 is 0 Å². The van der Waals surface area contributed by atoms with Crippen molar-refractivity contribution < 1.29 is 26.7 Å². The number of carboxylic acids is 1. The van der Waals surface area contributed by atoms with Crippen LogP contribution >= 0.6 is 0 Å². The van der Waals surface area contributed by atoms with E-state index in [1.165, 1.54) is 24.3 Å². The summed E-state index contributed by atoms with van der Waals surface area (Å²) in [6.07, 6.45) is 0. The number of aliphatic carboxylic acids is 1. The number of carbonyl (C=O) groups excluding carboxylic acids is 1. The predicted octanol–water partition coefficient (Wildman–Crippen LogP) is -1.45. The summed E-state index contributed by atoms with van der Waals surface area (Å²) in [5, 5.41) is 13.0. The number of nitrogens with two attached hydrogens (primary N) is 3. The van der Waals surface area contributed by atoms with Gasteiger partial charge in [-0.05, 0) is 36.4 Å². The highest BCUT2D eigenvalue weighted by Crippen LogP contribution is 2.19. The first-order valence-corrected chi connectivity index (χ1v) is 11.2. The average molecular weight is 469 g/mol. The standard InChI is InChI=1S/C14H12O6S2.C4H11N5/c15-14(16)10-22(18,19)13-8-6-11(7-9-13)20-21(17)12-4-2-1-3-5-12;1-3(5)8-2-9-4(6)7/h1-9H,10H2,(H,15,16);8H,1-2,5H2,(H4,6,7,9)/p-1. The molecule has 0 bridgehead atoms. The Balaban J connectivity index is 0.000000452. The zero-order chi connectivity index (χ0) is 23.4. The normalized spacial score (nSPS) is 11.2. The van der Waals surface area contributed by atoms with Crippen LogP contribution in [0.1, 0.15) is 0 Å². The lowest BCUT2D eigenvalue weighted by Crippen LogP contribution is -2.30. The van der Waals surface area contributed by atoms with Crippen molar-refractivity contribution in [3.63, 3.8) is 0 Å². The SMILES string of the molecule is C=C(N)NCN=C(N)N.O=C([O-])CS(=O)(=O)c1ccc(OS(=O)c2ccccc2)cc1. The quantitative estimate of drug-likeness (QED) is 0.249. The van der Waals surface area contributed by atoms with Gasteiger partial charge in [0.15, 0.2) is 15.8 Å². The lowest BCUT2D eigenvalue weighted by Gasteiger charge is -2.07. The second-order valence-electron chi connectivity index (χ2n) is 5.68. The Morgan fingerprint density at radius 3 is 2.16 bits per heavy atom. The first-order valence-electron chi connectivity index (χ1n) is 8.42. The number of carboxylic acid groups (broad SMARTS) is 1. The topological polar surface area (TPSA) is 203 Å². The molecule has 0 aliphatic carbocycles. The molecule has 0 amide bonds. The number of hydrogen-bond acceptors (Lipinski definition) is 9. The van der Waals surface area contributed by atoms with Crippen LogP contribution in [0.15, 0.2) is 81.8 Å². The summed E-state index contributed by atoms with van der Waals surface area (Å²) >= 11 is -1.72. The maximum absolute atomic E-state index is 11.9. The zero-order valence-electron chi connectivity index (χ0n) is 16.3. The number of benzene rings is 2. The van der Waals surface area contributed by atoms with Gasteiger partial charge in [-0.2, -0.15) is 0 Å². The van der Waals surface area contributed by atoms with Crippen LogP contribution in [0.2, 0.25) is 0 Å². The van der Waals surface area contributed by atoms with E-state index in [2.05, 4.69) is 16.9 Å². The van der Waals surface area contributed by atoms with E-state index in [4.69, 9.17) is 21.4 Å². The van der Waals surface area contributed by atoms with Gasteiger partial charge < -0.3 is 36.6 Å². The number of hydrogen-bond donors (Lipinski definition) is 4. The fourth-order valence-corrected chi connectivity index (χ4v) is 3.63. The van der Waals surface area contributed by atoms with E-state index in [0.29, 0.717) is 10.7 Å². The molecule has 0 saturated carbocycles. The molecule has 0 saturated heterocycles. The molecule has 0 radical (unpaired) electrons. The lowest BCUT2D eigenvalue weighted by molar-refractivity contribution is -0.301. The van der Waals surface area contributed by atoms with E-state index in [1.54, 1.807) is 30.3 Å². The number of rotatable bonds is 9. The van der Waals surface area contributed by atoms with E-state index < -0.39 is 32.6 Å². The van der Waals surface area contributed by atoms with Crippen molar-refractivity contribution in [3.8, 4) is 5.75 Å². The molecule has 7 N–H and O–H groups in total. The molecular formula is C18H22N5O6S2-. The molecule has 0 aliphatic heterocycles. The highest BCUT2D eigenvalue weighted by atomic mass is 32.2. The van der Waals surface area contributed by atoms with Crippen molar-refractivity contribution in [2.75, 3.05) is 12.4 Å². The van der Waals surface area contributed by atoms with Crippen LogP contribution < -0.4 is 31.8 Å². The third-order valence-corrected chi connectivity index (χ3v) is 5.77. The summed E-state index contributed by atoms with van der Waals surface area (Å²) in [4.78, 5) is 14.3. The molecule has 2 rings (SSSR count). The molecule has 0 heterocycles. The van der Waals surface area contributed by atoms with Gasteiger partial charge in [-0.15, -0.1) is 0 Å². The Hall–Kier alpha value is -3.58. The van der Waals surface area contributed by atoms with E-state index in [9.17, 15) is 22.5 Å². The Morgan fingerprint density at radius 2 is 1.68 bits per heavy atom. The van der Waals surface area contributed by atoms with Crippen LogP contribution in [-0.2, 0) is 25.7 Å². The number of aliphatic imine (C=N–C) groups is 1. The van der Waals surface area contributed by atoms with Crippen LogP contribution in [0.25, 0.3) is 0 Å². The van der Waals surface area contributed by atoms with Crippen molar-refractivity contribution >= 4 is 32.8 Å². The third-order valence-electron chi connectivity index (χ3n) is 3.17. The zero-order valence-corrected chi connectivity index (χ0v) is 17.9. The number of carbonyl (C=O) groups is 1. The summed E-state index contributed by atoms with van der Waals surface area (Å²) in [5.41, 5.74) is 15.1. The number of sulfone groups is 1. The molecule has 0 aliphatic rings. The van der Waals surface area contributed by atoms with Crippen LogP contribution in [0.4, 0.5) is 0 Å². The fourth-order valence-electron chi connectivity index (χ4n) is 1.84. The summed E-state index contributed by atoms with van der Waals surface area (Å²) < 4.78 is 40.5. The van der Waals surface area contributed by atoms with Gasteiger partial charge in [-0.3, -0.25) is 0 Å². The number of nitrogens with zero attached hydrogens (tertiary/aromatic N) is 1. The molecule has 1 atom stereocenters. The molecule has 13 heteroatoms. The molecule has 2 aromatic carbocycles. The Kier molecular flexibility index (Phi) is 10.0. The van der Waals surface area contributed by atoms with Crippen molar-refractivity contribution in [2.24, 2.45) is 22.2 Å². The predicted molar refractivity (Wildman–Crippen MR) is 114 cm³/mol. The van der Waals surface area contributed by atoms with Gasteiger partial charge in [0.2, 0.25) is 11.1 Å². The number of guanidine groups is 1. The molecule has 31 heavy (non-hydrogen) atoms. The molecule has 2 aromatic rings. The van der Waals surface area contributed by atoms with Crippen LogP contribution in [-0.4, -0.2) is 37.0 Å². The molecule has 168 valence electrons. The van der Waals surface area contributed by atoms with Crippen LogP contribution in [0.5, 0.6) is 5.75 Å². The molecule has 1 unspecified atom stereocenters. The van der Waals surface area contributed by atoms with E-state index in [-0.39, 0.29) is 23.3 Å². The second kappa shape index (κ2) is 12.2. The molecular weight excluding hydrogens is 446 g/mol. The average Bonchev–Trinajstić information content (AvgIpc) is 2.68. The largest absolute Gasteiger partial charge is 0.549 e. The van der Waals surface area contributed by atoms with E-state index in [0.717, 1.165) is 0 Å². The third kappa shape index (κ3) is 10.1. The number of nitrogens with one attached hydrogen (secondary N) is 1. The van der Waals surface area contributed by atoms with Gasteiger partial charge in [-0.1, -0.05) is 24.8 Å². The van der Waals surface area contributed by atoms with Gasteiger partial charge in [0.05, 0.1) is 27.3 Å². The highest BCUT2D eigenvalue weighted by molar-refractivity contribution is 7.92. The van der Waals surface area contributed by atoms with Gasteiger partial charge in [-0.25, -0.2) is 17.6 Å². The van der Waals surface area contributed by atoms with Crippen molar-refractivity contribution in [1.29, 1.82) is 0 Å². The summed E-state index contributed by atoms with van der Waals surface area (Å²) in [5.74, 6) is -2.19. The highest BCUT2D eigenvalue weighted by Gasteiger charge is 2.15. The monoisotopic (exact) mass is 468 g/mol. The van der Waals surface area contributed by atoms with Gasteiger partial charge in [0, 0.05) is 0 Å². The Morgan fingerprint density at radius 1 is 1.10 bits per heavy atom. The molecule has 0 spiro atoms. The van der Waals surface area contributed by atoms with Crippen molar-refractivity contribution in [2.45, 2.75) is 9.79 Å². The Bertz CT molecular complexity index is 1040. The minimum atomic E-state index is -3.95. The molecule has 0 fully saturated rings. The lowest BCUT2D eigenvalue weighted by atomic mass is 10.3. The summed E-state index contributed by atoms with van der Waals surface area (Å²) in [7, 11) is -3.95. The smallest absolute Gasteiger partial charge is 0.240 e. The van der Waals surface area contributed by atoms with Crippen LogP contribution in [0.3, 0.4) is 0 Å². The fraction of sp³-hybridized carbons (Fsp3) is 0.111. The minimum Gasteiger partial charge on any atom is -0.549 e. The van der Waals surface area contributed by atoms with Gasteiger partial charge >= 0.3 is 0 Å². The molecule has 0 aromatic heterocycles. The van der Waals surface area contributed by atoms with Gasteiger partial charge in [0.1, 0.15) is 12.4 Å². The first-order chi connectivity index (χ1) is 14.5. The molecule has 11 nitrogen and oxygen atoms in total. The maximum Gasteiger partial charge on any atom is 0.240 e. The first kappa shape index (κ1) is 25.5. The van der Waals surface area contributed by atoms with Gasteiger partial charge in [0.25, 0.3) is 0 Å². The second-order valence-corrected chi connectivity index (χ2v) is 8.77. The minimum absolute atomic E-state index is 0.0313. The summed E-state index contributed by atoms with van der Waals surface area (Å²) in [6.45, 7) is 3.64. The van der Waals surface area contributed by atoms with Crippen molar-refractivity contribution in [3.05, 3.63) is 67.0 Å². The van der Waals surface area contributed by atoms with Crippen LogP contribution in [0, 0.1) is 0 Å². The maximum atomic E-state index is 11.9. The Labute approximate surface area is 182 Å².